The first-order valence-corrected chi connectivity index (χ1v) is 36.2. The van der Waals surface area contributed by atoms with E-state index in [1.54, 1.807) is 0 Å². The second-order valence-electron chi connectivity index (χ2n) is 27.6. The number of benzene rings is 17. The molecule has 0 fully saturated rings. The number of rotatable bonds is 9. The average molecular weight is 1350 g/mol. The quantitative estimate of drug-likeness (QED) is 0.135. The summed E-state index contributed by atoms with van der Waals surface area (Å²) < 4.78 is 0. The molecule has 4 heteroatoms. The molecular formula is C102H64N4. The fraction of sp³-hybridized carbons (Fsp3) is 0. The van der Waals surface area contributed by atoms with E-state index in [2.05, 4.69) is 376 Å². The number of hydrogen-bond donors (Lipinski definition) is 0. The minimum Gasteiger partial charge on any atom is -0.256 e. The van der Waals surface area contributed by atoms with Gasteiger partial charge in [-0.1, -0.05) is 309 Å². The predicted octanol–water partition coefficient (Wildman–Crippen LogP) is 27.5. The molecule has 0 N–H and O–H groups in total. The number of nitrogens with zero attached hydrogens (tertiary/aromatic N) is 4. The van der Waals surface area contributed by atoms with Crippen molar-refractivity contribution < 1.29 is 0 Å². The van der Waals surface area contributed by atoms with Gasteiger partial charge < -0.3 is 0 Å². The lowest BCUT2D eigenvalue weighted by molar-refractivity contribution is 1.38. The van der Waals surface area contributed by atoms with Crippen LogP contribution in [0.3, 0.4) is 0 Å². The van der Waals surface area contributed by atoms with E-state index >= 15 is 0 Å². The van der Waals surface area contributed by atoms with Crippen LogP contribution in [0.1, 0.15) is 0 Å². The Hall–Kier alpha value is -14.1. The van der Waals surface area contributed by atoms with Crippen LogP contribution in [-0.4, -0.2) is 19.9 Å². The molecule has 0 aliphatic rings. The van der Waals surface area contributed by atoms with E-state index in [1.807, 2.05) is 12.3 Å². The molecule has 0 radical (unpaired) electrons. The van der Waals surface area contributed by atoms with Crippen molar-refractivity contribution in [3.63, 3.8) is 0 Å². The smallest absolute Gasteiger partial charge is 0.0794 e. The van der Waals surface area contributed by atoms with E-state index < -0.39 is 0 Å². The van der Waals surface area contributed by atoms with Gasteiger partial charge in [0.05, 0.1) is 39.1 Å². The zero-order valence-corrected chi connectivity index (χ0v) is 57.7. The van der Waals surface area contributed by atoms with Crippen LogP contribution in [0.15, 0.2) is 388 Å². The molecule has 21 aromatic rings. The van der Waals surface area contributed by atoms with Gasteiger partial charge in [-0.15, -0.1) is 0 Å². The van der Waals surface area contributed by atoms with Crippen molar-refractivity contribution in [3.05, 3.63) is 388 Å². The van der Waals surface area contributed by atoms with Gasteiger partial charge in [-0.25, -0.2) is 15.0 Å². The molecule has 17 aromatic carbocycles. The molecule has 0 saturated carbocycles. The van der Waals surface area contributed by atoms with Crippen molar-refractivity contribution in [1.29, 1.82) is 0 Å². The van der Waals surface area contributed by atoms with E-state index in [4.69, 9.17) is 19.9 Å². The molecule has 4 aromatic heterocycles. The first-order valence-electron chi connectivity index (χ1n) is 36.2. The Morgan fingerprint density at radius 3 is 0.887 bits per heavy atom. The number of pyridine rings is 4. The second-order valence-corrected chi connectivity index (χ2v) is 27.6. The predicted molar refractivity (Wildman–Crippen MR) is 448 cm³/mol. The Bertz CT molecular complexity index is 7060. The van der Waals surface area contributed by atoms with Gasteiger partial charge in [-0.2, -0.15) is 0 Å². The monoisotopic (exact) mass is 1340 g/mol. The van der Waals surface area contributed by atoms with Gasteiger partial charge in [0.2, 0.25) is 0 Å². The fourth-order valence-corrected chi connectivity index (χ4v) is 15.8. The number of fused-ring (bicyclic) bond motifs is 12. The van der Waals surface area contributed by atoms with Gasteiger partial charge in [0, 0.05) is 60.8 Å². The summed E-state index contributed by atoms with van der Waals surface area (Å²) in [5.41, 5.74) is 24.1. The molecule has 0 aliphatic heterocycles. The number of hydrogen-bond acceptors (Lipinski definition) is 4. The average Bonchev–Trinajstić information content (AvgIpc) is 0.742. The van der Waals surface area contributed by atoms with Crippen LogP contribution in [0.2, 0.25) is 0 Å². The highest BCUT2D eigenvalue weighted by Crippen LogP contribution is 2.45. The molecule has 4 nitrogen and oxygen atoms in total. The summed E-state index contributed by atoms with van der Waals surface area (Å²) in [5, 5.41) is 19.1. The van der Waals surface area contributed by atoms with Gasteiger partial charge in [-0.3, -0.25) is 4.98 Å². The highest BCUT2D eigenvalue weighted by molar-refractivity contribution is 6.19. The largest absolute Gasteiger partial charge is 0.256 e. The third-order valence-electron chi connectivity index (χ3n) is 21.3. The van der Waals surface area contributed by atoms with Gasteiger partial charge >= 0.3 is 0 Å². The van der Waals surface area contributed by atoms with Crippen molar-refractivity contribution in [1.82, 2.24) is 19.9 Å². The van der Waals surface area contributed by atoms with Crippen LogP contribution in [0.4, 0.5) is 0 Å². The minimum absolute atomic E-state index is 0.937. The first kappa shape index (κ1) is 61.8. The van der Waals surface area contributed by atoms with Gasteiger partial charge in [0.15, 0.2) is 0 Å². The molecule has 4 heterocycles. The number of para-hydroxylation sites is 2. The molecular weight excluding hydrogens is 1280 g/mol. The maximum Gasteiger partial charge on any atom is 0.0794 e. The van der Waals surface area contributed by atoms with Crippen LogP contribution < -0.4 is 0 Å². The molecule has 0 unspecified atom stereocenters. The summed E-state index contributed by atoms with van der Waals surface area (Å²) in [5.74, 6) is 0. The zero-order valence-electron chi connectivity index (χ0n) is 57.7. The molecule has 0 amide bonds. The summed E-state index contributed by atoms with van der Waals surface area (Å²) in [7, 11) is 0. The van der Waals surface area contributed by atoms with Gasteiger partial charge in [-0.05, 0) is 188 Å². The van der Waals surface area contributed by atoms with Gasteiger partial charge in [0.25, 0.3) is 0 Å². The molecule has 0 bridgehead atoms. The van der Waals surface area contributed by atoms with E-state index in [1.165, 1.54) is 104 Å². The summed E-state index contributed by atoms with van der Waals surface area (Å²) in [4.78, 5) is 20.7. The molecule has 0 aliphatic carbocycles. The maximum absolute atomic E-state index is 5.49. The maximum atomic E-state index is 5.49. The van der Waals surface area contributed by atoms with Crippen molar-refractivity contribution in [3.8, 4) is 101 Å². The molecule has 492 valence electrons. The lowest BCUT2D eigenvalue weighted by atomic mass is 9.90. The third kappa shape index (κ3) is 11.3. The van der Waals surface area contributed by atoms with E-state index in [0.717, 1.165) is 105 Å². The minimum atomic E-state index is 0.937. The molecule has 0 spiro atoms. The van der Waals surface area contributed by atoms with E-state index in [0.29, 0.717) is 0 Å². The van der Waals surface area contributed by atoms with Crippen LogP contribution >= 0.6 is 0 Å². The highest BCUT2D eigenvalue weighted by Gasteiger charge is 2.21. The zero-order chi connectivity index (χ0) is 70.0. The SMILES string of the molecule is c1ccc(-c2cc(-c3ccc(-c4cc(-c5ccc6ccccc6c5)c5cc(-c6ccc7ccccc7c6)c6ccccc6c5n4)cc3)nc3ccccc23)cc1.c1ccc2cc(-c3cc4c(-c5ccc6ccccc6c5)cc(-c5ccc(-c6cnc7ccccc7c6)cc5)nc4c4ccccc34)ccc2c1. The highest BCUT2D eigenvalue weighted by atomic mass is 14.7. The third-order valence-corrected chi connectivity index (χ3v) is 21.3. The summed E-state index contributed by atoms with van der Waals surface area (Å²) in [6, 6.07) is 137. The lowest BCUT2D eigenvalue weighted by Crippen LogP contribution is -1.94. The van der Waals surface area contributed by atoms with Crippen molar-refractivity contribution in [2.75, 3.05) is 0 Å². The summed E-state index contributed by atoms with van der Waals surface area (Å²) in [6.45, 7) is 0. The van der Waals surface area contributed by atoms with Crippen molar-refractivity contribution >= 4 is 108 Å². The number of aromatic nitrogens is 4. The normalized spacial score (nSPS) is 11.6. The Labute approximate surface area is 613 Å². The van der Waals surface area contributed by atoms with E-state index in [9.17, 15) is 0 Å². The Morgan fingerprint density at radius 2 is 0.453 bits per heavy atom. The summed E-state index contributed by atoms with van der Waals surface area (Å²) >= 11 is 0. The van der Waals surface area contributed by atoms with Crippen molar-refractivity contribution in [2.24, 2.45) is 0 Å². The second kappa shape index (κ2) is 26.1. The van der Waals surface area contributed by atoms with Crippen LogP contribution in [0, 0.1) is 0 Å². The van der Waals surface area contributed by atoms with Crippen LogP contribution in [-0.2, 0) is 0 Å². The lowest BCUT2D eigenvalue weighted by Gasteiger charge is -2.16. The van der Waals surface area contributed by atoms with Crippen LogP contribution in [0.5, 0.6) is 0 Å². The summed E-state index contributed by atoms with van der Waals surface area (Å²) in [6.07, 6.45) is 1.96. The molecule has 106 heavy (non-hydrogen) atoms. The first-order chi connectivity index (χ1) is 52.5. The Morgan fingerprint density at radius 1 is 0.151 bits per heavy atom. The molecule has 0 atom stereocenters. The molecule has 21 rings (SSSR count). The van der Waals surface area contributed by atoms with E-state index in [-0.39, 0.29) is 0 Å². The molecule has 0 saturated heterocycles. The fourth-order valence-electron chi connectivity index (χ4n) is 15.8. The topological polar surface area (TPSA) is 51.6 Å². The standard InChI is InChI=1S/C54H34N2.C48H30N2/c1-2-14-37(15-3-1)48-33-52(55-51-21-11-10-19-45(48)51)38-24-26-39(27-25-38)53-34-49(43-29-23-36-13-5-7-17-41(36)31-43)50-32-47(44-18-8-9-20-46(44)54(50)56-53)42-28-22-35-12-4-6-16-40(35)30-42;1-3-11-35-25-37(23-19-31(35)9-1)43-28-45-44(38-24-20-32-10-2-4-12-36(32)26-38)29-47(50-48(45)42-15-7-6-14-41(42)43)34-21-17-33(18-22-34)40-27-39-13-5-8-16-46(39)49-30-40/h1-34H;1-30H. The Kier molecular flexibility index (Phi) is 15.2. The van der Waals surface area contributed by atoms with Crippen LogP contribution in [0.25, 0.3) is 209 Å². The Balaban J connectivity index is 0.000000141. The van der Waals surface area contributed by atoms with Gasteiger partial charge in [0.1, 0.15) is 0 Å². The van der Waals surface area contributed by atoms with Crippen molar-refractivity contribution in [2.45, 2.75) is 0 Å².